The van der Waals surface area contributed by atoms with Crippen LogP contribution in [0, 0.1) is 18.3 Å². The van der Waals surface area contributed by atoms with Gasteiger partial charge in [-0.15, -0.1) is 13.2 Å². The van der Waals surface area contributed by atoms with Crippen molar-refractivity contribution in [1.29, 1.82) is 5.26 Å². The van der Waals surface area contributed by atoms with Gasteiger partial charge in [-0.1, -0.05) is 0 Å². The van der Waals surface area contributed by atoms with E-state index in [2.05, 4.69) is 9.72 Å². The fraction of sp³-hybridized carbons (Fsp3) is 0.400. The van der Waals surface area contributed by atoms with Gasteiger partial charge in [0.15, 0.2) is 0 Å². The number of nitriles is 1. The third-order valence-corrected chi connectivity index (χ3v) is 2.02. The lowest BCUT2D eigenvalue weighted by molar-refractivity contribution is -0.276. The average Bonchev–Trinajstić information content (AvgIpc) is 2.20. The van der Waals surface area contributed by atoms with Crippen molar-refractivity contribution in [1.82, 2.24) is 4.98 Å². The molecule has 0 bridgehead atoms. The molecule has 0 spiro atoms. The van der Waals surface area contributed by atoms with Crippen molar-refractivity contribution in [3.05, 3.63) is 22.9 Å². The second-order valence-corrected chi connectivity index (χ2v) is 3.33. The molecule has 1 aromatic heterocycles. The van der Waals surface area contributed by atoms with Gasteiger partial charge in [-0.25, -0.2) is 13.8 Å². The minimum Gasteiger partial charge on any atom is -0.388 e. The van der Waals surface area contributed by atoms with E-state index in [4.69, 9.17) is 5.26 Å². The molecule has 18 heavy (non-hydrogen) atoms. The fourth-order valence-electron chi connectivity index (χ4n) is 1.29. The topological polar surface area (TPSA) is 45.9 Å². The fourth-order valence-corrected chi connectivity index (χ4v) is 1.29. The van der Waals surface area contributed by atoms with Gasteiger partial charge in [0.05, 0.1) is 12.5 Å². The standard InChI is InChI=1S/C10H7F5N2O/c1-5-4-7(8(11)12)17-9(6(5)2-3-16)18-10(13,14)15/h4,8H,2H2,1H3. The predicted molar refractivity (Wildman–Crippen MR) is 49.9 cm³/mol. The highest BCUT2D eigenvalue weighted by Gasteiger charge is 2.33. The zero-order valence-electron chi connectivity index (χ0n) is 9.05. The molecule has 1 aromatic rings. The van der Waals surface area contributed by atoms with E-state index in [-0.39, 0.29) is 11.1 Å². The summed E-state index contributed by atoms with van der Waals surface area (Å²) in [5, 5.41) is 8.48. The Morgan fingerprint density at radius 1 is 1.44 bits per heavy atom. The van der Waals surface area contributed by atoms with Crippen LogP contribution in [0.1, 0.15) is 23.2 Å². The third kappa shape index (κ3) is 3.55. The predicted octanol–water partition coefficient (Wildman–Crippen LogP) is 3.29. The maximum atomic E-state index is 12.4. The van der Waals surface area contributed by atoms with Gasteiger partial charge in [-0.2, -0.15) is 5.26 Å². The number of alkyl halides is 5. The van der Waals surface area contributed by atoms with Gasteiger partial charge in [0.25, 0.3) is 6.43 Å². The summed E-state index contributed by atoms with van der Waals surface area (Å²) in [6.45, 7) is 1.31. The molecule has 0 aromatic carbocycles. The van der Waals surface area contributed by atoms with E-state index in [1.807, 2.05) is 0 Å². The van der Waals surface area contributed by atoms with Gasteiger partial charge in [-0.05, 0) is 18.6 Å². The molecule has 0 fully saturated rings. The van der Waals surface area contributed by atoms with Crippen LogP contribution in [0.25, 0.3) is 0 Å². The smallest absolute Gasteiger partial charge is 0.388 e. The molecule has 0 aliphatic heterocycles. The van der Waals surface area contributed by atoms with Crippen molar-refractivity contribution >= 4 is 0 Å². The highest BCUT2D eigenvalue weighted by Crippen LogP contribution is 2.30. The van der Waals surface area contributed by atoms with E-state index in [0.29, 0.717) is 0 Å². The molecule has 0 atom stereocenters. The van der Waals surface area contributed by atoms with Crippen LogP contribution in [-0.4, -0.2) is 11.3 Å². The Morgan fingerprint density at radius 2 is 2.06 bits per heavy atom. The first kappa shape index (κ1) is 14.2. The second-order valence-electron chi connectivity index (χ2n) is 3.33. The van der Waals surface area contributed by atoms with E-state index in [1.165, 1.54) is 6.92 Å². The molecular formula is C10H7F5N2O. The maximum Gasteiger partial charge on any atom is 0.574 e. The second kappa shape index (κ2) is 5.16. The summed E-state index contributed by atoms with van der Waals surface area (Å²) in [5.74, 6) is -1.00. The molecule has 0 saturated heterocycles. The van der Waals surface area contributed by atoms with Crippen LogP contribution in [0.15, 0.2) is 6.07 Å². The van der Waals surface area contributed by atoms with Crippen LogP contribution in [0.3, 0.4) is 0 Å². The molecule has 0 amide bonds. The van der Waals surface area contributed by atoms with Crippen molar-refractivity contribution in [2.24, 2.45) is 0 Å². The van der Waals surface area contributed by atoms with Gasteiger partial charge in [-0.3, -0.25) is 0 Å². The number of ether oxygens (including phenoxy) is 1. The SMILES string of the molecule is Cc1cc(C(F)F)nc(OC(F)(F)F)c1CC#N. The molecule has 0 N–H and O–H groups in total. The van der Waals surface area contributed by atoms with E-state index >= 15 is 0 Å². The van der Waals surface area contributed by atoms with Crippen LogP contribution in [-0.2, 0) is 6.42 Å². The monoisotopic (exact) mass is 266 g/mol. The summed E-state index contributed by atoms with van der Waals surface area (Å²) in [5.41, 5.74) is -0.881. The number of halogens is 5. The minimum atomic E-state index is -5.05. The Labute approximate surface area is 98.8 Å². The molecule has 0 aliphatic carbocycles. The molecule has 3 nitrogen and oxygen atoms in total. The van der Waals surface area contributed by atoms with E-state index < -0.39 is 30.8 Å². The van der Waals surface area contributed by atoms with Crippen LogP contribution in [0.4, 0.5) is 22.0 Å². The Balaban J connectivity index is 3.29. The van der Waals surface area contributed by atoms with Crippen molar-refractivity contribution in [3.63, 3.8) is 0 Å². The Kier molecular flexibility index (Phi) is 4.06. The molecule has 98 valence electrons. The summed E-state index contributed by atoms with van der Waals surface area (Å²) < 4.78 is 64.7. The molecule has 0 aliphatic rings. The van der Waals surface area contributed by atoms with Gasteiger partial charge in [0, 0.05) is 5.56 Å². The summed E-state index contributed by atoms with van der Waals surface area (Å²) in [6.07, 6.45) is -8.48. The lowest BCUT2D eigenvalue weighted by Gasteiger charge is -2.14. The van der Waals surface area contributed by atoms with E-state index in [1.54, 1.807) is 6.07 Å². The summed E-state index contributed by atoms with van der Waals surface area (Å²) in [4.78, 5) is 3.09. The number of aryl methyl sites for hydroxylation is 1. The van der Waals surface area contributed by atoms with Crippen LogP contribution in [0.2, 0.25) is 0 Å². The summed E-state index contributed by atoms with van der Waals surface area (Å²) in [7, 11) is 0. The molecule has 0 saturated carbocycles. The number of pyridine rings is 1. The van der Waals surface area contributed by atoms with Crippen molar-refractivity contribution < 1.29 is 26.7 Å². The Morgan fingerprint density at radius 3 is 2.50 bits per heavy atom. The van der Waals surface area contributed by atoms with Gasteiger partial charge in [0.2, 0.25) is 5.88 Å². The summed E-state index contributed by atoms with van der Waals surface area (Å²) in [6, 6.07) is 2.56. The molecule has 1 rings (SSSR count). The molecule has 8 heteroatoms. The zero-order chi connectivity index (χ0) is 13.9. The molecule has 1 heterocycles. The van der Waals surface area contributed by atoms with E-state index in [9.17, 15) is 22.0 Å². The first-order valence-electron chi connectivity index (χ1n) is 4.66. The van der Waals surface area contributed by atoms with Gasteiger partial charge >= 0.3 is 6.36 Å². The summed E-state index contributed by atoms with van der Waals surface area (Å²) >= 11 is 0. The lowest BCUT2D eigenvalue weighted by atomic mass is 10.1. The lowest BCUT2D eigenvalue weighted by Crippen LogP contribution is -2.20. The third-order valence-electron chi connectivity index (χ3n) is 2.02. The van der Waals surface area contributed by atoms with Crippen molar-refractivity contribution in [3.8, 4) is 11.9 Å². The first-order chi connectivity index (χ1) is 8.24. The van der Waals surface area contributed by atoms with Gasteiger partial charge < -0.3 is 4.74 Å². The average molecular weight is 266 g/mol. The maximum absolute atomic E-state index is 12.4. The minimum absolute atomic E-state index is 0.0982. The largest absolute Gasteiger partial charge is 0.574 e. The van der Waals surface area contributed by atoms with Crippen molar-refractivity contribution in [2.75, 3.05) is 0 Å². The normalized spacial score (nSPS) is 11.4. The van der Waals surface area contributed by atoms with Crippen LogP contribution in [0.5, 0.6) is 5.88 Å². The highest BCUT2D eigenvalue weighted by atomic mass is 19.4. The number of hydrogen-bond donors (Lipinski definition) is 0. The first-order valence-corrected chi connectivity index (χ1v) is 4.66. The molecule has 0 radical (unpaired) electrons. The molecule has 0 unspecified atom stereocenters. The van der Waals surface area contributed by atoms with E-state index in [0.717, 1.165) is 6.07 Å². The number of rotatable bonds is 3. The van der Waals surface area contributed by atoms with Crippen molar-refractivity contribution in [2.45, 2.75) is 26.1 Å². The number of nitrogens with zero attached hydrogens (tertiary/aromatic N) is 2. The van der Waals surface area contributed by atoms with Gasteiger partial charge in [0.1, 0.15) is 5.69 Å². The molecular weight excluding hydrogens is 259 g/mol. The Bertz CT molecular complexity index is 478. The van der Waals surface area contributed by atoms with Crippen LogP contribution >= 0.6 is 0 Å². The number of hydrogen-bond acceptors (Lipinski definition) is 3. The zero-order valence-corrected chi connectivity index (χ0v) is 9.05. The highest BCUT2D eigenvalue weighted by molar-refractivity contribution is 5.38. The number of aromatic nitrogens is 1. The Hall–Kier alpha value is -1.91. The van der Waals surface area contributed by atoms with Crippen LogP contribution < -0.4 is 4.74 Å². The quantitative estimate of drug-likeness (QED) is 0.788.